The molecular formula is C38H45N3O12. The van der Waals surface area contributed by atoms with E-state index in [1.807, 2.05) is 0 Å². The van der Waals surface area contributed by atoms with Gasteiger partial charge in [0.15, 0.2) is 34.5 Å². The number of carbonyl (C=O) groups is 3. The molecule has 0 radical (unpaired) electrons. The molecule has 0 aliphatic rings. The predicted molar refractivity (Wildman–Crippen MR) is 197 cm³/mol. The second kappa shape index (κ2) is 20.4. The molecule has 0 bridgehead atoms. The zero-order valence-electron chi connectivity index (χ0n) is 29.9. The van der Waals surface area contributed by atoms with Crippen LogP contribution in [0.3, 0.4) is 0 Å². The first-order valence-corrected chi connectivity index (χ1v) is 16.4. The summed E-state index contributed by atoms with van der Waals surface area (Å²) in [6.07, 6.45) is 9.92. The zero-order chi connectivity index (χ0) is 38.9. The van der Waals surface area contributed by atoms with E-state index in [1.54, 1.807) is 23.1 Å². The van der Waals surface area contributed by atoms with Gasteiger partial charge in [0.2, 0.25) is 35.0 Å². The number of unbranched alkanes of at least 4 members (excludes halogenated alkanes) is 1. The normalized spacial score (nSPS) is 11.2. The van der Waals surface area contributed by atoms with Gasteiger partial charge in [0.05, 0.1) is 28.4 Å². The molecule has 7 N–H and O–H groups in total. The Balaban J connectivity index is 1.57. The van der Waals surface area contributed by atoms with Gasteiger partial charge in [-0.15, -0.1) is 0 Å². The monoisotopic (exact) mass is 735 g/mol. The highest BCUT2D eigenvalue weighted by Gasteiger charge is 2.14. The molecule has 284 valence electrons. The van der Waals surface area contributed by atoms with E-state index in [1.165, 1.54) is 83.1 Å². The van der Waals surface area contributed by atoms with Gasteiger partial charge in [-0.05, 0) is 90.6 Å². The lowest BCUT2D eigenvalue weighted by Crippen LogP contribution is -2.34. The van der Waals surface area contributed by atoms with Gasteiger partial charge in [-0.1, -0.05) is 0 Å². The summed E-state index contributed by atoms with van der Waals surface area (Å²) in [5.41, 5.74) is 1.44. The highest BCUT2D eigenvalue weighted by Crippen LogP contribution is 2.38. The number of carbonyl (C=O) groups excluding carboxylic acids is 3. The summed E-state index contributed by atoms with van der Waals surface area (Å²) in [5.74, 6) is -2.36. The van der Waals surface area contributed by atoms with E-state index in [0.29, 0.717) is 55.6 Å². The number of phenolic OH excluding ortho intramolecular Hbond substituents is 5. The van der Waals surface area contributed by atoms with Crippen LogP contribution < -0.4 is 29.6 Å². The number of phenols is 5. The summed E-state index contributed by atoms with van der Waals surface area (Å²) < 4.78 is 20.4. The molecule has 0 aliphatic carbocycles. The maximum Gasteiger partial charge on any atom is 0.246 e. The minimum atomic E-state index is -0.417. The molecule has 15 heteroatoms. The van der Waals surface area contributed by atoms with Gasteiger partial charge < -0.3 is 60.0 Å². The smallest absolute Gasteiger partial charge is 0.246 e. The van der Waals surface area contributed by atoms with Crippen LogP contribution in [0.5, 0.6) is 51.7 Å². The van der Waals surface area contributed by atoms with E-state index in [4.69, 9.17) is 18.9 Å². The molecular weight excluding hydrogens is 690 g/mol. The highest BCUT2D eigenvalue weighted by molar-refractivity contribution is 5.93. The summed E-state index contributed by atoms with van der Waals surface area (Å²) >= 11 is 0. The zero-order valence-corrected chi connectivity index (χ0v) is 29.9. The lowest BCUT2D eigenvalue weighted by Gasteiger charge is -2.21. The first-order valence-electron chi connectivity index (χ1n) is 16.4. The van der Waals surface area contributed by atoms with Crippen molar-refractivity contribution >= 4 is 35.9 Å². The lowest BCUT2D eigenvalue weighted by atomic mass is 10.1. The molecule has 3 amide bonds. The van der Waals surface area contributed by atoms with E-state index >= 15 is 0 Å². The second-order valence-electron chi connectivity index (χ2n) is 11.4. The van der Waals surface area contributed by atoms with Crippen LogP contribution in [0.25, 0.3) is 18.2 Å². The Kier molecular flexibility index (Phi) is 15.7. The lowest BCUT2D eigenvalue weighted by molar-refractivity contribution is -0.126. The van der Waals surface area contributed by atoms with Crippen molar-refractivity contribution in [3.8, 4) is 51.7 Å². The summed E-state index contributed by atoms with van der Waals surface area (Å²) in [5, 5.41) is 55.1. The van der Waals surface area contributed by atoms with Gasteiger partial charge >= 0.3 is 0 Å². The number of nitrogens with zero attached hydrogens (tertiary/aromatic N) is 1. The standard InChI is InChI=1S/C38H45N3O12/c1-50-29-20-24(18-27(42)36(29)47)8-11-33(44)39-14-5-6-16-41(35(46)13-10-25-19-28(43)37(48)30(21-25)51-2)17-7-15-40-34(45)12-9-26-22-31(52-3)38(49)32(23-26)53-4/h8-13,18-23,42-43,47-49H,5-7,14-17H2,1-4H3,(H,39,44)(H,40,45). The van der Waals surface area contributed by atoms with E-state index in [2.05, 4.69) is 10.6 Å². The molecule has 0 saturated carbocycles. The van der Waals surface area contributed by atoms with Gasteiger partial charge in [0.1, 0.15) is 0 Å². The van der Waals surface area contributed by atoms with Crippen molar-refractivity contribution in [3.63, 3.8) is 0 Å². The minimum absolute atomic E-state index is 0.0419. The van der Waals surface area contributed by atoms with Crippen LogP contribution in [-0.2, 0) is 14.4 Å². The molecule has 0 spiro atoms. The van der Waals surface area contributed by atoms with Crippen molar-refractivity contribution in [2.75, 3.05) is 54.6 Å². The van der Waals surface area contributed by atoms with Crippen molar-refractivity contribution in [2.24, 2.45) is 0 Å². The number of ether oxygens (including phenoxy) is 4. The number of hydrogen-bond donors (Lipinski definition) is 7. The SMILES string of the molecule is COc1cc(C=CC(=O)NCCCCN(CCCNC(=O)C=Cc2cc(OC)c(O)c(OC)c2)C(=O)C=Cc2cc(O)c(O)c(OC)c2)cc(O)c1O. The third kappa shape index (κ3) is 12.3. The number of rotatable bonds is 19. The van der Waals surface area contributed by atoms with E-state index in [0.717, 1.165) is 0 Å². The van der Waals surface area contributed by atoms with Gasteiger partial charge in [-0.25, -0.2) is 0 Å². The largest absolute Gasteiger partial charge is 0.504 e. The van der Waals surface area contributed by atoms with Gasteiger partial charge in [0.25, 0.3) is 0 Å². The number of amides is 3. The van der Waals surface area contributed by atoms with E-state index in [-0.39, 0.29) is 58.8 Å². The van der Waals surface area contributed by atoms with Gasteiger partial charge in [-0.2, -0.15) is 0 Å². The first-order chi connectivity index (χ1) is 25.4. The number of nitrogens with one attached hydrogen (secondary N) is 2. The summed E-state index contributed by atoms with van der Waals surface area (Å²) in [7, 11) is 5.48. The fourth-order valence-electron chi connectivity index (χ4n) is 4.93. The Morgan fingerprint density at radius 2 is 0.925 bits per heavy atom. The quantitative estimate of drug-likeness (QED) is 0.0530. The van der Waals surface area contributed by atoms with Crippen molar-refractivity contribution < 1.29 is 58.9 Å². The minimum Gasteiger partial charge on any atom is -0.504 e. The number of benzene rings is 3. The molecule has 15 nitrogen and oxygen atoms in total. The molecule has 0 aliphatic heterocycles. The topological polar surface area (TPSA) is 217 Å². The molecule has 0 aromatic heterocycles. The Bertz CT molecular complexity index is 1810. The van der Waals surface area contributed by atoms with Crippen LogP contribution in [-0.4, -0.2) is 103 Å². The number of hydrogen-bond acceptors (Lipinski definition) is 12. The van der Waals surface area contributed by atoms with Crippen LogP contribution in [0, 0.1) is 0 Å². The predicted octanol–water partition coefficient (Wildman–Crippen LogP) is 3.92. The van der Waals surface area contributed by atoms with E-state index < -0.39 is 17.2 Å². The van der Waals surface area contributed by atoms with Crippen molar-refractivity contribution in [1.82, 2.24) is 15.5 Å². The summed E-state index contributed by atoms with van der Waals surface area (Å²) in [6.45, 7) is 1.21. The van der Waals surface area contributed by atoms with Crippen molar-refractivity contribution in [2.45, 2.75) is 19.3 Å². The molecule has 53 heavy (non-hydrogen) atoms. The molecule has 0 atom stereocenters. The molecule has 0 fully saturated rings. The van der Waals surface area contributed by atoms with Crippen LogP contribution in [0.2, 0.25) is 0 Å². The maximum absolute atomic E-state index is 13.3. The highest BCUT2D eigenvalue weighted by atomic mass is 16.5. The van der Waals surface area contributed by atoms with Crippen molar-refractivity contribution in [3.05, 3.63) is 71.3 Å². The molecule has 3 aromatic rings. The summed E-state index contributed by atoms with van der Waals surface area (Å²) in [4.78, 5) is 39.7. The number of methoxy groups -OCH3 is 4. The Labute approximate surface area is 307 Å². The fraction of sp³-hybridized carbons (Fsp3) is 0.289. The van der Waals surface area contributed by atoms with Crippen LogP contribution >= 0.6 is 0 Å². The Hall–Kier alpha value is -6.51. The molecule has 0 heterocycles. The molecule has 3 rings (SSSR count). The molecule has 0 unspecified atom stereocenters. The molecule has 0 saturated heterocycles. The average molecular weight is 736 g/mol. The third-order valence-electron chi connectivity index (χ3n) is 7.74. The third-order valence-corrected chi connectivity index (χ3v) is 7.74. The fourth-order valence-corrected chi connectivity index (χ4v) is 4.93. The summed E-state index contributed by atoms with van der Waals surface area (Å²) in [6, 6.07) is 8.62. The second-order valence-corrected chi connectivity index (χ2v) is 11.4. The first kappa shape index (κ1) is 40.9. The Morgan fingerprint density at radius 1 is 0.547 bits per heavy atom. The van der Waals surface area contributed by atoms with Crippen molar-refractivity contribution in [1.29, 1.82) is 0 Å². The van der Waals surface area contributed by atoms with E-state index in [9.17, 15) is 39.9 Å². The Morgan fingerprint density at radius 3 is 1.38 bits per heavy atom. The maximum atomic E-state index is 13.3. The van der Waals surface area contributed by atoms with Gasteiger partial charge in [0, 0.05) is 44.4 Å². The van der Waals surface area contributed by atoms with Crippen LogP contribution in [0.1, 0.15) is 36.0 Å². The van der Waals surface area contributed by atoms with Crippen LogP contribution in [0.15, 0.2) is 54.6 Å². The number of aromatic hydroxyl groups is 5. The van der Waals surface area contributed by atoms with Gasteiger partial charge in [-0.3, -0.25) is 14.4 Å². The average Bonchev–Trinajstić information content (AvgIpc) is 3.15. The van der Waals surface area contributed by atoms with Crippen LogP contribution in [0.4, 0.5) is 0 Å². The molecule has 3 aromatic carbocycles.